The van der Waals surface area contributed by atoms with Crippen LogP contribution in [-0.4, -0.2) is 33.6 Å². The fourth-order valence-electron chi connectivity index (χ4n) is 2.82. The smallest absolute Gasteiger partial charge is 0.341 e. The van der Waals surface area contributed by atoms with Crippen LogP contribution in [0.5, 0.6) is 0 Å². The predicted octanol–water partition coefficient (Wildman–Crippen LogP) is 2.69. The Morgan fingerprint density at radius 3 is 2.92 bits per heavy atom. The molecule has 132 valence electrons. The largest absolute Gasteiger partial charge is 0.462 e. The highest BCUT2D eigenvalue weighted by Gasteiger charge is 2.29. The molecule has 1 aliphatic rings. The van der Waals surface area contributed by atoms with Crippen LogP contribution in [0, 0.1) is 10.1 Å². The van der Waals surface area contributed by atoms with Crippen LogP contribution in [0.1, 0.15) is 51.1 Å². The Morgan fingerprint density at radius 2 is 2.20 bits per heavy atom. The molecule has 2 aromatic rings. The molecule has 0 unspecified atom stereocenters. The molecule has 0 aliphatic heterocycles. The molecule has 9 nitrogen and oxygen atoms in total. The van der Waals surface area contributed by atoms with E-state index in [-0.39, 0.29) is 12.3 Å². The molecule has 0 atom stereocenters. The first-order valence-electron chi connectivity index (χ1n) is 7.83. The number of aryl methyl sites for hydroxylation is 1. The average molecular weight is 364 g/mol. The zero-order chi connectivity index (χ0) is 18.0. The van der Waals surface area contributed by atoms with Gasteiger partial charge in [-0.1, -0.05) is 0 Å². The molecule has 2 aromatic heterocycles. The second-order valence-corrected chi connectivity index (χ2v) is 6.58. The molecule has 1 aliphatic carbocycles. The van der Waals surface area contributed by atoms with Gasteiger partial charge < -0.3 is 10.1 Å². The van der Waals surface area contributed by atoms with Gasteiger partial charge in [0.15, 0.2) is 0 Å². The Bertz CT molecular complexity index is 841. The lowest BCUT2D eigenvalue weighted by Gasteiger charge is -2.12. The maximum atomic E-state index is 12.4. The van der Waals surface area contributed by atoms with Gasteiger partial charge in [-0.25, -0.2) is 4.79 Å². The van der Waals surface area contributed by atoms with E-state index in [1.165, 1.54) is 11.3 Å². The number of aromatic nitrogens is 2. The van der Waals surface area contributed by atoms with E-state index < -0.39 is 22.5 Å². The van der Waals surface area contributed by atoms with Crippen molar-refractivity contribution in [1.29, 1.82) is 0 Å². The van der Waals surface area contributed by atoms with Gasteiger partial charge >= 0.3 is 11.7 Å². The first kappa shape index (κ1) is 17.1. The van der Waals surface area contributed by atoms with Gasteiger partial charge in [0.05, 0.1) is 17.1 Å². The van der Waals surface area contributed by atoms with Gasteiger partial charge in [-0.2, -0.15) is 5.10 Å². The summed E-state index contributed by atoms with van der Waals surface area (Å²) in [6, 6.07) is 0. The molecule has 0 fully saturated rings. The number of amides is 1. The van der Waals surface area contributed by atoms with Gasteiger partial charge in [-0.05, 0) is 38.2 Å². The second-order valence-electron chi connectivity index (χ2n) is 5.48. The summed E-state index contributed by atoms with van der Waals surface area (Å²) in [6.07, 6.45) is 4.55. The third-order valence-corrected chi connectivity index (χ3v) is 5.13. The zero-order valence-electron chi connectivity index (χ0n) is 13.5. The molecule has 0 bridgehead atoms. The lowest BCUT2D eigenvalue weighted by Crippen LogP contribution is -2.17. The number of fused-ring (bicyclic) bond motifs is 1. The monoisotopic (exact) mass is 364 g/mol. The molecular formula is C15H16N4O5S. The van der Waals surface area contributed by atoms with Gasteiger partial charge in [-0.15, -0.1) is 11.3 Å². The van der Waals surface area contributed by atoms with Crippen molar-refractivity contribution in [2.45, 2.75) is 32.6 Å². The minimum absolute atomic E-state index is 0.225. The summed E-state index contributed by atoms with van der Waals surface area (Å²) in [5.74, 6) is -1.20. The molecule has 2 N–H and O–H groups in total. The maximum absolute atomic E-state index is 12.4. The minimum Gasteiger partial charge on any atom is -0.462 e. The van der Waals surface area contributed by atoms with Gasteiger partial charge in [-0.3, -0.25) is 20.0 Å². The van der Waals surface area contributed by atoms with E-state index >= 15 is 0 Å². The van der Waals surface area contributed by atoms with Crippen molar-refractivity contribution in [2.24, 2.45) is 0 Å². The number of nitro groups is 1. The van der Waals surface area contributed by atoms with Crippen LogP contribution in [0.15, 0.2) is 6.20 Å². The fourth-order valence-corrected chi connectivity index (χ4v) is 4.10. The van der Waals surface area contributed by atoms with Crippen LogP contribution < -0.4 is 5.32 Å². The van der Waals surface area contributed by atoms with Crippen LogP contribution in [0.25, 0.3) is 0 Å². The Balaban J connectivity index is 1.95. The summed E-state index contributed by atoms with van der Waals surface area (Å²) < 4.78 is 5.12. The number of hydrogen-bond acceptors (Lipinski definition) is 7. The summed E-state index contributed by atoms with van der Waals surface area (Å²) in [7, 11) is 0. The van der Waals surface area contributed by atoms with Gasteiger partial charge in [0.2, 0.25) is 5.69 Å². The molecular weight excluding hydrogens is 348 g/mol. The number of rotatable bonds is 5. The van der Waals surface area contributed by atoms with Crippen LogP contribution in [0.4, 0.5) is 10.7 Å². The van der Waals surface area contributed by atoms with Crippen molar-refractivity contribution in [3.63, 3.8) is 0 Å². The van der Waals surface area contributed by atoms with Crippen molar-refractivity contribution in [1.82, 2.24) is 10.2 Å². The topological polar surface area (TPSA) is 127 Å². The molecule has 0 spiro atoms. The summed E-state index contributed by atoms with van der Waals surface area (Å²) in [5.41, 5.74) is 0.587. The van der Waals surface area contributed by atoms with E-state index in [0.717, 1.165) is 42.3 Å². The number of nitrogens with one attached hydrogen (secondary N) is 2. The van der Waals surface area contributed by atoms with Crippen molar-refractivity contribution < 1.29 is 19.2 Å². The van der Waals surface area contributed by atoms with Crippen molar-refractivity contribution >= 4 is 33.9 Å². The van der Waals surface area contributed by atoms with E-state index in [9.17, 15) is 19.7 Å². The number of thiophene rings is 1. The van der Waals surface area contributed by atoms with Crippen LogP contribution >= 0.6 is 11.3 Å². The molecule has 0 radical (unpaired) electrons. The summed E-state index contributed by atoms with van der Waals surface area (Å²) in [6.45, 7) is 1.94. The minimum atomic E-state index is -0.714. The number of nitrogens with zero attached hydrogens (tertiary/aromatic N) is 2. The Labute approximate surface area is 146 Å². The van der Waals surface area contributed by atoms with Crippen molar-refractivity contribution in [3.8, 4) is 0 Å². The van der Waals surface area contributed by atoms with Crippen molar-refractivity contribution in [2.75, 3.05) is 11.9 Å². The highest BCUT2D eigenvalue weighted by molar-refractivity contribution is 7.17. The number of carbonyl (C=O) groups excluding carboxylic acids is 2. The highest BCUT2D eigenvalue weighted by Crippen LogP contribution is 2.39. The van der Waals surface area contributed by atoms with Gasteiger partial charge in [0.1, 0.15) is 11.2 Å². The third-order valence-electron chi connectivity index (χ3n) is 3.92. The average Bonchev–Trinajstić information content (AvgIpc) is 3.19. The summed E-state index contributed by atoms with van der Waals surface area (Å²) in [5, 5.41) is 19.8. The number of esters is 1. The molecule has 0 saturated carbocycles. The molecule has 0 saturated heterocycles. The molecule has 1 amide bonds. The van der Waals surface area contributed by atoms with Crippen molar-refractivity contribution in [3.05, 3.63) is 38.0 Å². The first-order chi connectivity index (χ1) is 12.0. The number of carbonyl (C=O) groups is 2. The summed E-state index contributed by atoms with van der Waals surface area (Å²) in [4.78, 5) is 36.1. The molecule has 25 heavy (non-hydrogen) atoms. The third kappa shape index (κ3) is 3.25. The number of ether oxygens (including phenoxy) is 1. The molecule has 2 heterocycles. The van der Waals surface area contributed by atoms with Crippen LogP contribution in [0.3, 0.4) is 0 Å². The predicted molar refractivity (Wildman–Crippen MR) is 90.1 cm³/mol. The molecule has 10 heteroatoms. The number of aromatic amines is 1. The molecule has 3 rings (SSSR count). The Morgan fingerprint density at radius 1 is 1.44 bits per heavy atom. The maximum Gasteiger partial charge on any atom is 0.341 e. The Hall–Kier alpha value is -2.75. The fraction of sp³-hybridized carbons (Fsp3) is 0.400. The van der Waals surface area contributed by atoms with E-state index in [4.69, 9.17) is 4.74 Å². The normalized spacial score (nSPS) is 13.2. The lowest BCUT2D eigenvalue weighted by molar-refractivity contribution is -0.385. The standard InChI is InChI=1S/C15H16N4O5S/c1-2-24-15(21)11-8-5-3-4-6-10(8)25-14(11)17-13(20)12-9(19(22)23)7-16-18-12/h7H,2-6H2,1H3,(H,16,18)(H,17,20). The number of H-pyrrole nitrogens is 1. The quantitative estimate of drug-likeness (QED) is 0.477. The van der Waals surface area contributed by atoms with Crippen LogP contribution in [0.2, 0.25) is 0 Å². The highest BCUT2D eigenvalue weighted by atomic mass is 32.1. The van der Waals surface area contributed by atoms with Gasteiger partial charge in [0, 0.05) is 4.88 Å². The van der Waals surface area contributed by atoms with E-state index in [2.05, 4.69) is 15.5 Å². The van der Waals surface area contributed by atoms with E-state index in [0.29, 0.717) is 10.6 Å². The SMILES string of the molecule is CCOC(=O)c1c(NC(=O)c2[nH]ncc2[N+](=O)[O-])sc2c1CCCC2. The number of hydrogen-bond donors (Lipinski definition) is 2. The van der Waals surface area contributed by atoms with Gasteiger partial charge in [0.25, 0.3) is 5.91 Å². The summed E-state index contributed by atoms with van der Waals surface area (Å²) >= 11 is 1.32. The van der Waals surface area contributed by atoms with E-state index in [1.807, 2.05) is 0 Å². The lowest BCUT2D eigenvalue weighted by atomic mass is 9.95. The second kappa shape index (κ2) is 7.01. The van der Waals surface area contributed by atoms with Crippen LogP contribution in [-0.2, 0) is 17.6 Å². The zero-order valence-corrected chi connectivity index (χ0v) is 14.3. The molecule has 0 aromatic carbocycles. The van der Waals surface area contributed by atoms with E-state index in [1.54, 1.807) is 6.92 Å². The first-order valence-corrected chi connectivity index (χ1v) is 8.65. The number of anilines is 1. The Kier molecular flexibility index (Phi) is 4.79.